The van der Waals surface area contributed by atoms with E-state index in [0.29, 0.717) is 12.1 Å². The molecule has 0 bridgehead atoms. The zero-order chi connectivity index (χ0) is 17.6. The summed E-state index contributed by atoms with van der Waals surface area (Å²) in [5, 5.41) is 12.1. The molecule has 7 heteroatoms. The zero-order valence-electron chi connectivity index (χ0n) is 13.1. The molecular weight excluding hydrogens is 322 g/mol. The number of hydrogen-bond donors (Lipinski definition) is 1. The van der Waals surface area contributed by atoms with Gasteiger partial charge in [0, 0.05) is 23.5 Å². The van der Waals surface area contributed by atoms with Crippen LogP contribution in [0.25, 0.3) is 10.9 Å². The van der Waals surface area contributed by atoms with Crippen molar-refractivity contribution in [2.45, 2.75) is 6.42 Å². The van der Waals surface area contributed by atoms with Crippen LogP contribution in [0.15, 0.2) is 48.5 Å². The van der Waals surface area contributed by atoms with Crippen molar-refractivity contribution in [2.75, 3.05) is 6.54 Å². The van der Waals surface area contributed by atoms with Crippen molar-refractivity contribution in [3.05, 3.63) is 75.5 Å². The van der Waals surface area contributed by atoms with E-state index in [-0.39, 0.29) is 17.8 Å². The van der Waals surface area contributed by atoms with E-state index in [1.807, 2.05) is 24.3 Å². The van der Waals surface area contributed by atoms with Crippen LogP contribution in [0.2, 0.25) is 0 Å². The normalized spacial score (nSPS) is 13.8. The average Bonchev–Trinajstić information content (AvgIpc) is 3.01. The van der Waals surface area contributed by atoms with Crippen LogP contribution in [0.4, 0.5) is 5.69 Å². The number of imide groups is 1. The molecule has 3 aromatic rings. The predicted molar refractivity (Wildman–Crippen MR) is 90.5 cm³/mol. The van der Waals surface area contributed by atoms with Gasteiger partial charge in [-0.3, -0.25) is 24.6 Å². The van der Waals surface area contributed by atoms with Gasteiger partial charge in [-0.15, -0.1) is 0 Å². The van der Waals surface area contributed by atoms with Gasteiger partial charge in [0.15, 0.2) is 0 Å². The second kappa shape index (κ2) is 5.55. The van der Waals surface area contributed by atoms with Gasteiger partial charge in [-0.2, -0.15) is 0 Å². The maximum atomic E-state index is 12.8. The van der Waals surface area contributed by atoms with Crippen molar-refractivity contribution >= 4 is 28.4 Å². The first-order valence-corrected chi connectivity index (χ1v) is 7.77. The summed E-state index contributed by atoms with van der Waals surface area (Å²) >= 11 is 0. The molecule has 0 saturated carbocycles. The first-order chi connectivity index (χ1) is 12.1. The summed E-state index contributed by atoms with van der Waals surface area (Å²) in [6, 6.07) is 13.2. The standard InChI is InChI=1S/C18H13N3O4/c22-17(13-6-2-4-8-15(13)21(24)25)20-10-9-12-11-5-1-3-7-14(11)19-16(12)18(20)23/h1-8,19H,9-10H2. The summed E-state index contributed by atoms with van der Waals surface area (Å²) < 4.78 is 0. The van der Waals surface area contributed by atoms with E-state index in [0.717, 1.165) is 21.4 Å². The molecule has 1 aliphatic rings. The highest BCUT2D eigenvalue weighted by Crippen LogP contribution is 2.29. The van der Waals surface area contributed by atoms with E-state index in [1.165, 1.54) is 18.2 Å². The third-order valence-electron chi connectivity index (χ3n) is 4.43. The maximum absolute atomic E-state index is 12.8. The Labute approximate surface area is 142 Å². The Morgan fingerprint density at radius 3 is 2.64 bits per heavy atom. The molecule has 0 saturated heterocycles. The number of nitrogens with zero attached hydrogens (tertiary/aromatic N) is 2. The number of aromatic nitrogens is 1. The Morgan fingerprint density at radius 2 is 1.84 bits per heavy atom. The van der Waals surface area contributed by atoms with Crippen molar-refractivity contribution in [3.8, 4) is 0 Å². The Morgan fingerprint density at radius 1 is 1.12 bits per heavy atom. The molecule has 1 aliphatic heterocycles. The van der Waals surface area contributed by atoms with Gasteiger partial charge in [-0.1, -0.05) is 30.3 Å². The fourth-order valence-electron chi connectivity index (χ4n) is 3.26. The van der Waals surface area contributed by atoms with Crippen LogP contribution in [-0.4, -0.2) is 33.2 Å². The average molecular weight is 335 g/mol. The van der Waals surface area contributed by atoms with Gasteiger partial charge in [-0.05, 0) is 24.1 Å². The largest absolute Gasteiger partial charge is 0.350 e. The minimum absolute atomic E-state index is 0.0830. The van der Waals surface area contributed by atoms with E-state index in [4.69, 9.17) is 0 Å². The van der Waals surface area contributed by atoms with Crippen LogP contribution in [0.3, 0.4) is 0 Å². The van der Waals surface area contributed by atoms with Crippen molar-refractivity contribution in [3.63, 3.8) is 0 Å². The number of rotatable bonds is 2. The summed E-state index contributed by atoms with van der Waals surface area (Å²) in [5.74, 6) is -1.11. The molecule has 0 unspecified atom stereocenters. The molecule has 2 amide bonds. The molecule has 124 valence electrons. The monoisotopic (exact) mass is 335 g/mol. The minimum Gasteiger partial charge on any atom is -0.350 e. The zero-order valence-corrected chi connectivity index (χ0v) is 13.1. The Hall–Kier alpha value is -3.48. The Balaban J connectivity index is 1.75. The van der Waals surface area contributed by atoms with Crippen LogP contribution < -0.4 is 0 Å². The minimum atomic E-state index is -0.651. The second-order valence-electron chi connectivity index (χ2n) is 5.81. The van der Waals surface area contributed by atoms with E-state index < -0.39 is 16.7 Å². The number of H-pyrrole nitrogens is 1. The third-order valence-corrected chi connectivity index (χ3v) is 4.43. The SMILES string of the molecule is O=C(c1ccccc1[N+](=O)[O-])N1CCc2c([nH]c3ccccc23)C1=O. The third kappa shape index (κ3) is 2.28. The molecule has 1 N–H and O–H groups in total. The van der Waals surface area contributed by atoms with Crippen molar-refractivity contribution in [1.82, 2.24) is 9.88 Å². The number of para-hydroxylation sites is 2. The number of carbonyl (C=O) groups is 2. The highest BCUT2D eigenvalue weighted by Gasteiger charge is 2.34. The molecular formula is C18H13N3O4. The van der Waals surface area contributed by atoms with Crippen LogP contribution in [0.1, 0.15) is 26.4 Å². The van der Waals surface area contributed by atoms with Crippen molar-refractivity contribution < 1.29 is 14.5 Å². The number of benzene rings is 2. The van der Waals surface area contributed by atoms with Crippen LogP contribution in [0.5, 0.6) is 0 Å². The maximum Gasteiger partial charge on any atom is 0.282 e. The number of aromatic amines is 1. The van der Waals surface area contributed by atoms with Gasteiger partial charge < -0.3 is 4.98 Å². The van der Waals surface area contributed by atoms with E-state index in [1.54, 1.807) is 6.07 Å². The molecule has 7 nitrogen and oxygen atoms in total. The molecule has 0 radical (unpaired) electrons. The van der Waals surface area contributed by atoms with Crippen LogP contribution in [0, 0.1) is 10.1 Å². The smallest absolute Gasteiger partial charge is 0.282 e. The highest BCUT2D eigenvalue weighted by atomic mass is 16.6. The van der Waals surface area contributed by atoms with Gasteiger partial charge in [-0.25, -0.2) is 0 Å². The lowest BCUT2D eigenvalue weighted by atomic mass is 10.0. The Bertz CT molecular complexity index is 1040. The van der Waals surface area contributed by atoms with Gasteiger partial charge in [0.1, 0.15) is 11.3 Å². The highest BCUT2D eigenvalue weighted by molar-refractivity contribution is 6.14. The molecule has 1 aromatic heterocycles. The fourth-order valence-corrected chi connectivity index (χ4v) is 3.26. The van der Waals surface area contributed by atoms with Gasteiger partial charge in [0.2, 0.25) is 0 Å². The molecule has 0 spiro atoms. The number of amides is 2. The molecule has 2 aromatic carbocycles. The van der Waals surface area contributed by atoms with Crippen molar-refractivity contribution in [2.24, 2.45) is 0 Å². The second-order valence-corrected chi connectivity index (χ2v) is 5.81. The first kappa shape index (κ1) is 15.1. The lowest BCUT2D eigenvalue weighted by Gasteiger charge is -2.25. The fraction of sp³-hybridized carbons (Fsp3) is 0.111. The lowest BCUT2D eigenvalue weighted by molar-refractivity contribution is -0.385. The summed E-state index contributed by atoms with van der Waals surface area (Å²) in [7, 11) is 0. The van der Waals surface area contributed by atoms with Gasteiger partial charge in [0.25, 0.3) is 17.5 Å². The van der Waals surface area contributed by atoms with E-state index >= 15 is 0 Å². The number of hydrogen-bond acceptors (Lipinski definition) is 4. The summed E-state index contributed by atoms with van der Waals surface area (Å²) in [5.41, 5.74) is 1.70. The van der Waals surface area contributed by atoms with Crippen LogP contribution >= 0.6 is 0 Å². The Kier molecular flexibility index (Phi) is 3.35. The lowest BCUT2D eigenvalue weighted by Crippen LogP contribution is -2.42. The number of carbonyl (C=O) groups excluding carboxylic acids is 2. The van der Waals surface area contributed by atoms with E-state index in [2.05, 4.69) is 4.98 Å². The topological polar surface area (TPSA) is 96.3 Å². The molecule has 0 aliphatic carbocycles. The summed E-state index contributed by atoms with van der Waals surface area (Å²) in [6.07, 6.45) is 0.511. The molecule has 2 heterocycles. The van der Waals surface area contributed by atoms with E-state index in [9.17, 15) is 19.7 Å². The molecule has 25 heavy (non-hydrogen) atoms. The molecule has 4 rings (SSSR count). The number of nitro benzene ring substituents is 1. The van der Waals surface area contributed by atoms with Gasteiger partial charge >= 0.3 is 0 Å². The number of nitrogens with one attached hydrogen (secondary N) is 1. The first-order valence-electron chi connectivity index (χ1n) is 7.77. The van der Waals surface area contributed by atoms with Gasteiger partial charge in [0.05, 0.1) is 4.92 Å². The quantitative estimate of drug-likeness (QED) is 0.442. The van der Waals surface area contributed by atoms with Crippen LogP contribution in [-0.2, 0) is 6.42 Å². The molecule has 0 fully saturated rings. The van der Waals surface area contributed by atoms with Crippen molar-refractivity contribution in [1.29, 1.82) is 0 Å². The summed E-state index contributed by atoms with van der Waals surface area (Å²) in [6.45, 7) is 0.193. The predicted octanol–water partition coefficient (Wildman–Crippen LogP) is 2.91. The molecule has 0 atom stereocenters. The number of nitro groups is 1. The number of fused-ring (bicyclic) bond motifs is 3. The summed E-state index contributed by atoms with van der Waals surface area (Å²) in [4.78, 5) is 40.2.